The molecule has 21 heavy (non-hydrogen) atoms. The van der Waals surface area contributed by atoms with E-state index in [0.29, 0.717) is 3.57 Å². The van der Waals surface area contributed by atoms with E-state index >= 15 is 0 Å². The molecule has 7 nitrogen and oxygen atoms in total. The second kappa shape index (κ2) is 6.71. The number of primary amides is 1. The molecule has 116 valence electrons. The molecule has 1 aromatic rings. The zero-order valence-corrected chi connectivity index (χ0v) is 14.4. The van der Waals surface area contributed by atoms with Crippen LogP contribution >= 0.6 is 22.6 Å². The fraction of sp³-hybridized carbons (Fsp3) is 0.333. The Balaban J connectivity index is 3.38. The van der Waals surface area contributed by atoms with Crippen LogP contribution in [0.4, 0.5) is 0 Å². The van der Waals surface area contributed by atoms with Crippen molar-refractivity contribution >= 4 is 44.5 Å². The first-order valence-corrected chi connectivity index (χ1v) is 8.42. The van der Waals surface area contributed by atoms with Crippen molar-refractivity contribution in [2.75, 3.05) is 6.54 Å². The number of carboxylic acid groups (broad SMARTS) is 1. The second-order valence-electron chi connectivity index (χ2n) is 4.56. The molecule has 1 amide bonds. The Kier molecular flexibility index (Phi) is 5.70. The van der Waals surface area contributed by atoms with Gasteiger partial charge in [-0.3, -0.25) is 4.79 Å². The Morgan fingerprint density at radius 3 is 2.38 bits per heavy atom. The van der Waals surface area contributed by atoms with Gasteiger partial charge in [-0.05, 0) is 54.6 Å². The van der Waals surface area contributed by atoms with Crippen molar-refractivity contribution < 1.29 is 23.1 Å². The highest BCUT2D eigenvalue weighted by Gasteiger charge is 2.29. The van der Waals surface area contributed by atoms with Crippen LogP contribution in [0.5, 0.6) is 0 Å². The number of sulfonamides is 1. The van der Waals surface area contributed by atoms with E-state index < -0.39 is 34.5 Å². The number of halogens is 1. The number of hydrogen-bond donors (Lipinski definition) is 2. The number of hydrogen-bond acceptors (Lipinski definition) is 4. The highest BCUT2D eigenvalue weighted by molar-refractivity contribution is 14.1. The lowest BCUT2D eigenvalue weighted by molar-refractivity contribution is -0.118. The van der Waals surface area contributed by atoms with Gasteiger partial charge in [-0.1, -0.05) is 0 Å². The molecule has 9 heteroatoms. The molecule has 3 N–H and O–H groups in total. The average Bonchev–Trinajstić information content (AvgIpc) is 2.35. The highest BCUT2D eigenvalue weighted by Crippen LogP contribution is 2.22. The number of benzene rings is 1. The summed E-state index contributed by atoms with van der Waals surface area (Å²) in [6.07, 6.45) is 0. The van der Waals surface area contributed by atoms with Crippen LogP contribution in [0.15, 0.2) is 23.1 Å². The van der Waals surface area contributed by atoms with E-state index in [1.165, 1.54) is 12.1 Å². The van der Waals surface area contributed by atoms with Gasteiger partial charge in [0.25, 0.3) is 0 Å². The van der Waals surface area contributed by atoms with Crippen molar-refractivity contribution in [2.24, 2.45) is 5.73 Å². The summed E-state index contributed by atoms with van der Waals surface area (Å²) in [6, 6.07) is 3.30. The van der Waals surface area contributed by atoms with Gasteiger partial charge in [0, 0.05) is 9.61 Å². The van der Waals surface area contributed by atoms with E-state index in [1.807, 2.05) is 22.6 Å². The lowest BCUT2D eigenvalue weighted by Gasteiger charge is -2.24. The van der Waals surface area contributed by atoms with Crippen molar-refractivity contribution in [1.29, 1.82) is 0 Å². The number of carbonyl (C=O) groups is 2. The number of nitrogens with two attached hydrogens (primary N) is 1. The molecule has 0 aliphatic carbocycles. The predicted octanol–water partition coefficient (Wildman–Crippen LogP) is 0.874. The molecule has 0 atom stereocenters. The van der Waals surface area contributed by atoms with Gasteiger partial charge in [-0.15, -0.1) is 0 Å². The third-order valence-electron chi connectivity index (χ3n) is 2.66. The minimum absolute atomic E-state index is 0.112. The van der Waals surface area contributed by atoms with Gasteiger partial charge < -0.3 is 10.8 Å². The first-order valence-electron chi connectivity index (χ1n) is 5.90. The van der Waals surface area contributed by atoms with Gasteiger partial charge in [0.1, 0.15) is 0 Å². The minimum atomic E-state index is -4.00. The molecular formula is C12H15IN2O5S. The maximum atomic E-state index is 12.5. The van der Waals surface area contributed by atoms with Crippen LogP contribution in [-0.4, -0.2) is 42.3 Å². The summed E-state index contributed by atoms with van der Waals surface area (Å²) in [6.45, 7) is 2.74. The number of aromatic carboxylic acids is 1. The van der Waals surface area contributed by atoms with Crippen LogP contribution in [-0.2, 0) is 14.8 Å². The fourth-order valence-corrected chi connectivity index (χ4v) is 3.86. The summed E-state index contributed by atoms with van der Waals surface area (Å²) in [5.41, 5.74) is 4.96. The number of nitrogens with zero attached hydrogens (tertiary/aromatic N) is 1. The average molecular weight is 426 g/mol. The van der Waals surface area contributed by atoms with Gasteiger partial charge in [0.05, 0.1) is 17.0 Å². The van der Waals surface area contributed by atoms with Crippen molar-refractivity contribution in [2.45, 2.75) is 24.8 Å². The molecule has 0 aliphatic rings. The van der Waals surface area contributed by atoms with Crippen molar-refractivity contribution in [3.05, 3.63) is 27.3 Å². The van der Waals surface area contributed by atoms with E-state index in [2.05, 4.69) is 0 Å². The predicted molar refractivity (Wildman–Crippen MR) is 84.3 cm³/mol. The standard InChI is InChI=1S/C12H15IN2O5S/c1-7(2)15(6-11(14)16)21(19,20)8-3-4-10(13)9(5-8)12(17)18/h3-5,7H,6H2,1-2H3,(H2,14,16)(H,17,18). The molecule has 0 fully saturated rings. The lowest BCUT2D eigenvalue weighted by atomic mass is 10.2. The van der Waals surface area contributed by atoms with Crippen LogP contribution in [0.1, 0.15) is 24.2 Å². The molecule has 1 rings (SSSR count). The van der Waals surface area contributed by atoms with Gasteiger partial charge >= 0.3 is 5.97 Å². The number of rotatable bonds is 6. The fourth-order valence-electron chi connectivity index (χ4n) is 1.66. The Labute approximate surface area is 136 Å². The molecule has 0 spiro atoms. The van der Waals surface area contributed by atoms with E-state index in [1.54, 1.807) is 13.8 Å². The van der Waals surface area contributed by atoms with Gasteiger partial charge in [-0.2, -0.15) is 4.31 Å². The van der Waals surface area contributed by atoms with E-state index in [-0.39, 0.29) is 10.5 Å². The van der Waals surface area contributed by atoms with Crippen LogP contribution in [0.3, 0.4) is 0 Å². The summed E-state index contributed by atoms with van der Waals surface area (Å²) >= 11 is 1.81. The Hall–Kier alpha value is -1.20. The SMILES string of the molecule is CC(C)N(CC(N)=O)S(=O)(=O)c1ccc(I)c(C(=O)O)c1. The molecule has 0 bridgehead atoms. The minimum Gasteiger partial charge on any atom is -0.478 e. The van der Waals surface area contributed by atoms with Crippen molar-refractivity contribution in [1.82, 2.24) is 4.31 Å². The highest BCUT2D eigenvalue weighted by atomic mass is 127. The molecule has 0 unspecified atom stereocenters. The van der Waals surface area contributed by atoms with Crippen LogP contribution in [0.2, 0.25) is 0 Å². The first-order chi connectivity index (χ1) is 9.57. The molecule has 0 aromatic heterocycles. The van der Waals surface area contributed by atoms with Gasteiger partial charge in [0.2, 0.25) is 15.9 Å². The topological polar surface area (TPSA) is 118 Å². The Morgan fingerprint density at radius 1 is 1.38 bits per heavy atom. The number of carboxylic acids is 1. The lowest BCUT2D eigenvalue weighted by Crippen LogP contribution is -2.42. The number of carbonyl (C=O) groups excluding carboxylic acids is 1. The molecule has 0 saturated heterocycles. The monoisotopic (exact) mass is 426 g/mol. The maximum absolute atomic E-state index is 12.5. The molecule has 0 saturated carbocycles. The summed E-state index contributed by atoms with van der Waals surface area (Å²) in [5.74, 6) is -2.00. The number of amides is 1. The van der Waals surface area contributed by atoms with Crippen LogP contribution in [0, 0.1) is 3.57 Å². The van der Waals surface area contributed by atoms with E-state index in [9.17, 15) is 18.0 Å². The zero-order valence-electron chi connectivity index (χ0n) is 11.4. The third kappa shape index (κ3) is 4.14. The maximum Gasteiger partial charge on any atom is 0.336 e. The van der Waals surface area contributed by atoms with Gasteiger partial charge in [0.15, 0.2) is 0 Å². The quantitative estimate of drug-likeness (QED) is 0.655. The van der Waals surface area contributed by atoms with Crippen LogP contribution in [0.25, 0.3) is 0 Å². The van der Waals surface area contributed by atoms with Crippen molar-refractivity contribution in [3.63, 3.8) is 0 Å². The third-order valence-corrected chi connectivity index (χ3v) is 5.62. The van der Waals surface area contributed by atoms with Crippen molar-refractivity contribution in [3.8, 4) is 0 Å². The van der Waals surface area contributed by atoms with E-state index in [0.717, 1.165) is 10.4 Å². The Morgan fingerprint density at radius 2 is 1.95 bits per heavy atom. The summed E-state index contributed by atoms with van der Waals surface area (Å²) in [5, 5.41) is 9.06. The van der Waals surface area contributed by atoms with Crippen LogP contribution < -0.4 is 5.73 Å². The largest absolute Gasteiger partial charge is 0.478 e. The van der Waals surface area contributed by atoms with E-state index in [4.69, 9.17) is 10.8 Å². The summed E-state index contributed by atoms with van der Waals surface area (Å²) in [4.78, 5) is 22.0. The normalized spacial score (nSPS) is 11.9. The smallest absolute Gasteiger partial charge is 0.336 e. The second-order valence-corrected chi connectivity index (χ2v) is 7.61. The molecule has 0 aliphatic heterocycles. The molecule has 0 radical (unpaired) electrons. The molecule has 0 heterocycles. The Bertz CT molecular complexity index is 672. The molecular weight excluding hydrogens is 411 g/mol. The molecule has 1 aromatic carbocycles. The summed E-state index contributed by atoms with van der Waals surface area (Å²) in [7, 11) is -4.00. The van der Waals surface area contributed by atoms with Gasteiger partial charge in [-0.25, -0.2) is 13.2 Å². The summed E-state index contributed by atoms with van der Waals surface area (Å²) < 4.78 is 26.4. The zero-order chi connectivity index (χ0) is 16.4. The first kappa shape index (κ1) is 17.9.